The van der Waals surface area contributed by atoms with Gasteiger partial charge in [-0.05, 0) is 18.8 Å². The second-order valence-corrected chi connectivity index (χ2v) is 6.59. The van der Waals surface area contributed by atoms with E-state index in [1.807, 2.05) is 0 Å². The second-order valence-electron chi connectivity index (χ2n) is 4.61. The minimum atomic E-state index is -2.97. The summed E-state index contributed by atoms with van der Waals surface area (Å²) < 4.78 is 23.8. The van der Waals surface area contributed by atoms with E-state index in [1.54, 1.807) is 0 Å². The fourth-order valence-corrected chi connectivity index (χ4v) is 3.12. The lowest BCUT2D eigenvalue weighted by Crippen LogP contribution is -2.58. The molecule has 0 bridgehead atoms. The number of nitrogens with zero attached hydrogens (tertiary/aromatic N) is 1. The van der Waals surface area contributed by atoms with E-state index < -0.39 is 10.0 Å². The molecular weight excluding hydrogens is 200 g/mol. The highest BCUT2D eigenvalue weighted by molar-refractivity contribution is 7.88. The molecular formula is C9H18N2O2S. The van der Waals surface area contributed by atoms with E-state index >= 15 is 0 Å². The molecule has 0 aromatic rings. The van der Waals surface area contributed by atoms with Crippen molar-refractivity contribution in [1.82, 2.24) is 4.31 Å². The largest absolute Gasteiger partial charge is 0.327 e. The van der Waals surface area contributed by atoms with Crippen molar-refractivity contribution in [2.75, 3.05) is 19.3 Å². The van der Waals surface area contributed by atoms with Crippen molar-refractivity contribution in [2.24, 2.45) is 17.6 Å². The van der Waals surface area contributed by atoms with Crippen molar-refractivity contribution < 1.29 is 8.42 Å². The molecule has 4 nitrogen and oxygen atoms in total. The fraction of sp³-hybridized carbons (Fsp3) is 1.00. The van der Waals surface area contributed by atoms with Crippen LogP contribution in [0.1, 0.15) is 19.3 Å². The van der Waals surface area contributed by atoms with E-state index in [0.29, 0.717) is 24.9 Å². The summed E-state index contributed by atoms with van der Waals surface area (Å²) in [6.07, 6.45) is 5.02. The molecule has 82 valence electrons. The van der Waals surface area contributed by atoms with E-state index in [4.69, 9.17) is 5.73 Å². The Hall–Kier alpha value is -0.130. The summed E-state index contributed by atoms with van der Waals surface area (Å²) in [7, 11) is -2.97. The van der Waals surface area contributed by atoms with Gasteiger partial charge in [-0.25, -0.2) is 12.7 Å². The molecule has 0 radical (unpaired) electrons. The van der Waals surface area contributed by atoms with Crippen molar-refractivity contribution in [3.8, 4) is 0 Å². The van der Waals surface area contributed by atoms with Crippen LogP contribution in [0.25, 0.3) is 0 Å². The highest BCUT2D eigenvalue weighted by atomic mass is 32.2. The molecule has 1 saturated carbocycles. The number of rotatable bonds is 3. The predicted octanol–water partition coefficient (Wildman–Crippen LogP) is 0.00520. The molecule has 0 amide bonds. The Labute approximate surface area is 85.5 Å². The first-order valence-electron chi connectivity index (χ1n) is 5.19. The topological polar surface area (TPSA) is 63.4 Å². The van der Waals surface area contributed by atoms with Gasteiger partial charge in [-0.2, -0.15) is 0 Å². The van der Waals surface area contributed by atoms with E-state index in [9.17, 15) is 8.42 Å². The summed E-state index contributed by atoms with van der Waals surface area (Å²) >= 11 is 0. The number of sulfonamides is 1. The molecule has 1 aliphatic heterocycles. The van der Waals surface area contributed by atoms with Gasteiger partial charge in [0.05, 0.1) is 6.26 Å². The average molecular weight is 218 g/mol. The third-order valence-electron chi connectivity index (χ3n) is 3.58. The summed E-state index contributed by atoms with van der Waals surface area (Å²) in [5.41, 5.74) is 6.07. The zero-order valence-electron chi connectivity index (χ0n) is 8.52. The summed E-state index contributed by atoms with van der Waals surface area (Å²) in [5.74, 6) is 1.05. The molecule has 0 spiro atoms. The van der Waals surface area contributed by atoms with Crippen LogP contribution < -0.4 is 5.73 Å². The maximum absolute atomic E-state index is 11.1. The first kappa shape index (κ1) is 10.4. The van der Waals surface area contributed by atoms with Gasteiger partial charge >= 0.3 is 0 Å². The fourth-order valence-electron chi connectivity index (χ4n) is 2.19. The molecule has 14 heavy (non-hydrogen) atoms. The maximum atomic E-state index is 11.1. The third kappa shape index (κ3) is 1.81. The predicted molar refractivity (Wildman–Crippen MR) is 55.2 cm³/mol. The molecule has 1 saturated heterocycles. The van der Waals surface area contributed by atoms with Crippen molar-refractivity contribution in [2.45, 2.75) is 25.3 Å². The summed E-state index contributed by atoms with van der Waals surface area (Å²) in [6, 6.07) is 0.224. The van der Waals surface area contributed by atoms with Gasteiger partial charge in [0.25, 0.3) is 0 Å². The standard InChI is InChI=1S/C9H18N2O2S/c1-14(12,13)11-5-8(6-11)9(10)7-3-2-4-7/h7-9H,2-6,10H2,1H3. The Bertz CT molecular complexity index is 305. The quantitative estimate of drug-likeness (QED) is 0.725. The van der Waals surface area contributed by atoms with Crippen molar-refractivity contribution in [3.05, 3.63) is 0 Å². The summed E-state index contributed by atoms with van der Waals surface area (Å²) in [6.45, 7) is 1.27. The van der Waals surface area contributed by atoms with E-state index in [0.717, 1.165) is 0 Å². The van der Waals surface area contributed by atoms with Gasteiger partial charge in [0.2, 0.25) is 10.0 Å². The Morgan fingerprint density at radius 2 is 1.86 bits per heavy atom. The van der Waals surface area contributed by atoms with E-state index in [-0.39, 0.29) is 6.04 Å². The van der Waals surface area contributed by atoms with Crippen LogP contribution >= 0.6 is 0 Å². The van der Waals surface area contributed by atoms with Crippen LogP contribution in [-0.2, 0) is 10.0 Å². The lowest BCUT2D eigenvalue weighted by molar-refractivity contribution is 0.111. The minimum Gasteiger partial charge on any atom is -0.327 e. The Balaban J connectivity index is 1.82. The minimum absolute atomic E-state index is 0.224. The molecule has 5 heteroatoms. The molecule has 1 aliphatic carbocycles. The first-order valence-corrected chi connectivity index (χ1v) is 7.04. The van der Waals surface area contributed by atoms with Crippen molar-refractivity contribution in [1.29, 1.82) is 0 Å². The molecule has 0 aromatic carbocycles. The smallest absolute Gasteiger partial charge is 0.211 e. The van der Waals surface area contributed by atoms with Crippen LogP contribution in [0.15, 0.2) is 0 Å². The normalized spacial score (nSPS) is 28.1. The maximum Gasteiger partial charge on any atom is 0.211 e. The average Bonchev–Trinajstić information content (AvgIpc) is 1.73. The van der Waals surface area contributed by atoms with Gasteiger partial charge in [0.15, 0.2) is 0 Å². The number of hydrogen-bond donors (Lipinski definition) is 1. The summed E-state index contributed by atoms with van der Waals surface area (Å²) in [5, 5.41) is 0. The van der Waals surface area contributed by atoms with E-state index in [2.05, 4.69) is 0 Å². The van der Waals surface area contributed by atoms with Gasteiger partial charge in [-0.1, -0.05) is 6.42 Å². The SMILES string of the molecule is CS(=O)(=O)N1CC(C(N)C2CCC2)C1. The van der Waals surface area contributed by atoms with Crippen molar-refractivity contribution in [3.63, 3.8) is 0 Å². The van der Waals surface area contributed by atoms with Crippen molar-refractivity contribution >= 4 is 10.0 Å². The molecule has 1 unspecified atom stereocenters. The van der Waals surface area contributed by atoms with Crippen LogP contribution in [0.4, 0.5) is 0 Å². The lowest BCUT2D eigenvalue weighted by atomic mass is 9.74. The van der Waals surface area contributed by atoms with Crippen LogP contribution in [0.2, 0.25) is 0 Å². The third-order valence-corrected chi connectivity index (χ3v) is 4.82. The highest BCUT2D eigenvalue weighted by Gasteiger charge is 2.40. The Kier molecular flexibility index (Phi) is 2.57. The summed E-state index contributed by atoms with van der Waals surface area (Å²) in [4.78, 5) is 0. The van der Waals surface area contributed by atoms with E-state index in [1.165, 1.54) is 29.8 Å². The molecule has 2 N–H and O–H groups in total. The van der Waals surface area contributed by atoms with Gasteiger partial charge in [-0.3, -0.25) is 0 Å². The molecule has 1 heterocycles. The molecule has 2 rings (SSSR count). The molecule has 1 atom stereocenters. The van der Waals surface area contributed by atoms with Gasteiger partial charge in [0.1, 0.15) is 0 Å². The first-order chi connectivity index (χ1) is 6.48. The number of nitrogens with two attached hydrogens (primary N) is 1. The Morgan fingerprint density at radius 3 is 2.21 bits per heavy atom. The molecule has 2 fully saturated rings. The zero-order valence-corrected chi connectivity index (χ0v) is 9.33. The number of hydrogen-bond acceptors (Lipinski definition) is 3. The van der Waals surface area contributed by atoms with Gasteiger partial charge in [0, 0.05) is 25.0 Å². The second kappa shape index (κ2) is 3.47. The monoisotopic (exact) mass is 218 g/mol. The molecule has 0 aromatic heterocycles. The van der Waals surface area contributed by atoms with Crippen LogP contribution in [0.5, 0.6) is 0 Å². The lowest BCUT2D eigenvalue weighted by Gasteiger charge is -2.45. The Morgan fingerprint density at radius 1 is 1.29 bits per heavy atom. The zero-order chi connectivity index (χ0) is 10.3. The van der Waals surface area contributed by atoms with Crippen LogP contribution in [0, 0.1) is 11.8 Å². The highest BCUT2D eigenvalue weighted by Crippen LogP contribution is 2.34. The van der Waals surface area contributed by atoms with Crippen LogP contribution in [-0.4, -0.2) is 38.1 Å². The van der Waals surface area contributed by atoms with Crippen LogP contribution in [0.3, 0.4) is 0 Å². The van der Waals surface area contributed by atoms with Gasteiger partial charge in [-0.15, -0.1) is 0 Å². The molecule has 2 aliphatic rings. The van der Waals surface area contributed by atoms with Gasteiger partial charge < -0.3 is 5.73 Å².